The smallest absolute Gasteiger partial charge is 0.358 e. The maximum Gasteiger partial charge on any atom is 0.408 e. The van der Waals surface area contributed by atoms with Gasteiger partial charge in [-0.2, -0.15) is 4.68 Å². The number of rotatable bonds is 6. The zero-order valence-corrected chi connectivity index (χ0v) is 11.0. The van der Waals surface area contributed by atoms with Crippen molar-refractivity contribution in [1.29, 1.82) is 0 Å². The van der Waals surface area contributed by atoms with Gasteiger partial charge in [-0.3, -0.25) is 4.79 Å². The molecule has 1 aromatic heterocycles. The van der Waals surface area contributed by atoms with Gasteiger partial charge in [0.2, 0.25) is 5.91 Å². The van der Waals surface area contributed by atoms with Crippen LogP contribution in [0.3, 0.4) is 0 Å². The molecule has 0 aromatic carbocycles. The Morgan fingerprint density at radius 3 is 2.89 bits per heavy atom. The van der Waals surface area contributed by atoms with Crippen LogP contribution in [-0.2, 0) is 4.79 Å². The number of nitrogens with one attached hydrogen (secondary N) is 1. The van der Waals surface area contributed by atoms with Gasteiger partial charge in [-0.05, 0) is 18.3 Å². The SMILES string of the molecule is CCCCNC(=O)C(C)n1cc(Cl)c([N+](=O)[O-])n1. The van der Waals surface area contributed by atoms with E-state index in [1.807, 2.05) is 6.92 Å². The molecule has 1 atom stereocenters. The molecular formula is C10H15ClN4O3. The van der Waals surface area contributed by atoms with Crippen molar-refractivity contribution in [3.63, 3.8) is 0 Å². The van der Waals surface area contributed by atoms with E-state index in [4.69, 9.17) is 11.6 Å². The number of nitro groups is 1. The predicted octanol–water partition coefficient (Wildman–Crippen LogP) is 1.92. The lowest BCUT2D eigenvalue weighted by atomic mass is 10.3. The lowest BCUT2D eigenvalue weighted by molar-refractivity contribution is -0.389. The molecular weight excluding hydrogens is 260 g/mol. The van der Waals surface area contributed by atoms with Gasteiger partial charge in [0.25, 0.3) is 0 Å². The van der Waals surface area contributed by atoms with Crippen LogP contribution in [0.2, 0.25) is 5.02 Å². The van der Waals surface area contributed by atoms with Crippen molar-refractivity contribution in [3.05, 3.63) is 21.3 Å². The van der Waals surface area contributed by atoms with Gasteiger partial charge in [0.15, 0.2) is 5.02 Å². The second-order valence-electron chi connectivity index (χ2n) is 3.86. The Bertz CT molecular complexity index is 446. The lowest BCUT2D eigenvalue weighted by Crippen LogP contribution is -2.31. The molecule has 0 saturated heterocycles. The quantitative estimate of drug-likeness (QED) is 0.487. The molecule has 0 aliphatic rings. The largest absolute Gasteiger partial charge is 0.408 e. The van der Waals surface area contributed by atoms with Crippen LogP contribution in [0.1, 0.15) is 32.7 Å². The summed E-state index contributed by atoms with van der Waals surface area (Å²) in [5, 5.41) is 16.9. The van der Waals surface area contributed by atoms with Gasteiger partial charge in [0.05, 0.1) is 11.3 Å². The second kappa shape index (κ2) is 6.34. The number of carbonyl (C=O) groups is 1. The van der Waals surface area contributed by atoms with Crippen LogP contribution in [0.5, 0.6) is 0 Å². The highest BCUT2D eigenvalue weighted by Crippen LogP contribution is 2.23. The van der Waals surface area contributed by atoms with Gasteiger partial charge in [-0.15, -0.1) is 0 Å². The average molecular weight is 275 g/mol. The number of unbranched alkanes of at least 4 members (excludes halogenated alkanes) is 1. The third-order valence-electron chi connectivity index (χ3n) is 2.45. The van der Waals surface area contributed by atoms with E-state index < -0.39 is 16.8 Å². The third kappa shape index (κ3) is 3.43. The topological polar surface area (TPSA) is 90.1 Å². The highest BCUT2D eigenvalue weighted by Gasteiger charge is 2.25. The van der Waals surface area contributed by atoms with E-state index in [2.05, 4.69) is 10.4 Å². The molecule has 7 nitrogen and oxygen atoms in total. The molecule has 18 heavy (non-hydrogen) atoms. The van der Waals surface area contributed by atoms with Crippen molar-refractivity contribution >= 4 is 23.3 Å². The van der Waals surface area contributed by atoms with Gasteiger partial charge in [-0.25, -0.2) is 0 Å². The van der Waals surface area contributed by atoms with Crippen LogP contribution in [0.4, 0.5) is 5.82 Å². The molecule has 0 fully saturated rings. The molecule has 0 saturated carbocycles. The van der Waals surface area contributed by atoms with Crippen LogP contribution in [0.25, 0.3) is 0 Å². The Labute approximate surface area is 109 Å². The fourth-order valence-electron chi connectivity index (χ4n) is 1.34. The van der Waals surface area contributed by atoms with Crippen LogP contribution < -0.4 is 5.32 Å². The second-order valence-corrected chi connectivity index (χ2v) is 4.27. The Morgan fingerprint density at radius 1 is 1.72 bits per heavy atom. The maximum atomic E-state index is 11.7. The van der Waals surface area contributed by atoms with Gasteiger partial charge in [-0.1, -0.05) is 24.9 Å². The van der Waals surface area contributed by atoms with Gasteiger partial charge in [0, 0.05) is 6.54 Å². The number of carbonyl (C=O) groups excluding carboxylic acids is 1. The van der Waals surface area contributed by atoms with E-state index in [1.54, 1.807) is 6.92 Å². The Kier molecular flexibility index (Phi) is 5.08. The normalized spacial score (nSPS) is 12.2. The summed E-state index contributed by atoms with van der Waals surface area (Å²) in [4.78, 5) is 21.6. The van der Waals surface area contributed by atoms with E-state index in [0.29, 0.717) is 6.54 Å². The van der Waals surface area contributed by atoms with Crippen molar-refractivity contribution in [1.82, 2.24) is 15.1 Å². The molecule has 1 unspecified atom stereocenters. The number of amides is 1. The van der Waals surface area contributed by atoms with Gasteiger partial charge < -0.3 is 15.4 Å². The van der Waals surface area contributed by atoms with Gasteiger partial charge >= 0.3 is 5.82 Å². The van der Waals surface area contributed by atoms with Crippen LogP contribution in [0.15, 0.2) is 6.20 Å². The number of hydrogen-bond donors (Lipinski definition) is 1. The van der Waals surface area contributed by atoms with Crippen molar-refractivity contribution in [2.24, 2.45) is 0 Å². The number of halogens is 1. The first kappa shape index (κ1) is 14.4. The number of hydrogen-bond acceptors (Lipinski definition) is 4. The summed E-state index contributed by atoms with van der Waals surface area (Å²) in [6.07, 6.45) is 3.15. The molecule has 1 N–H and O–H groups in total. The van der Waals surface area contributed by atoms with E-state index in [-0.39, 0.29) is 10.9 Å². The molecule has 1 rings (SSSR count). The molecule has 100 valence electrons. The fraction of sp³-hybridized carbons (Fsp3) is 0.600. The van der Waals surface area contributed by atoms with Crippen molar-refractivity contribution in [2.45, 2.75) is 32.7 Å². The van der Waals surface area contributed by atoms with Crippen molar-refractivity contribution in [2.75, 3.05) is 6.54 Å². The standard InChI is InChI=1S/C10H15ClN4O3/c1-3-4-5-12-10(16)7(2)14-6-8(11)9(13-14)15(17)18/h6-7H,3-5H2,1-2H3,(H,12,16). The molecule has 1 aromatic rings. The molecule has 1 amide bonds. The van der Waals surface area contributed by atoms with E-state index in [9.17, 15) is 14.9 Å². The molecule has 0 radical (unpaired) electrons. The Balaban J connectivity index is 2.71. The molecule has 0 bridgehead atoms. The summed E-state index contributed by atoms with van der Waals surface area (Å²) in [5.74, 6) is -0.678. The number of nitrogens with zero attached hydrogens (tertiary/aromatic N) is 3. The summed E-state index contributed by atoms with van der Waals surface area (Å²) < 4.78 is 1.20. The molecule has 1 heterocycles. The monoisotopic (exact) mass is 274 g/mol. The van der Waals surface area contributed by atoms with Crippen LogP contribution >= 0.6 is 11.6 Å². The third-order valence-corrected chi connectivity index (χ3v) is 2.71. The van der Waals surface area contributed by atoms with Crippen LogP contribution in [-0.4, -0.2) is 27.2 Å². The molecule has 0 aliphatic carbocycles. The highest BCUT2D eigenvalue weighted by atomic mass is 35.5. The Morgan fingerprint density at radius 2 is 2.39 bits per heavy atom. The summed E-state index contributed by atoms with van der Waals surface area (Å²) in [7, 11) is 0. The number of aromatic nitrogens is 2. The Hall–Kier alpha value is -1.63. The zero-order chi connectivity index (χ0) is 13.7. The summed E-state index contributed by atoms with van der Waals surface area (Å²) in [6, 6.07) is -0.631. The van der Waals surface area contributed by atoms with Crippen molar-refractivity contribution in [3.8, 4) is 0 Å². The minimum atomic E-state index is -0.680. The van der Waals surface area contributed by atoms with Crippen LogP contribution in [0, 0.1) is 10.1 Å². The van der Waals surface area contributed by atoms with Crippen molar-refractivity contribution < 1.29 is 9.72 Å². The summed E-state index contributed by atoms with van der Waals surface area (Å²) in [6.45, 7) is 4.21. The maximum absolute atomic E-state index is 11.7. The first-order valence-corrected chi connectivity index (χ1v) is 6.02. The average Bonchev–Trinajstić information content (AvgIpc) is 2.70. The fourth-order valence-corrected chi connectivity index (χ4v) is 1.54. The lowest BCUT2D eigenvalue weighted by Gasteiger charge is -2.09. The first-order valence-electron chi connectivity index (χ1n) is 5.64. The van der Waals surface area contributed by atoms with E-state index >= 15 is 0 Å². The first-order chi connectivity index (χ1) is 8.47. The zero-order valence-electron chi connectivity index (χ0n) is 10.2. The molecule has 0 aliphatic heterocycles. The molecule has 8 heteroatoms. The van der Waals surface area contributed by atoms with E-state index in [0.717, 1.165) is 12.8 Å². The van der Waals surface area contributed by atoms with E-state index in [1.165, 1.54) is 10.9 Å². The summed E-state index contributed by atoms with van der Waals surface area (Å²) >= 11 is 5.66. The molecule has 0 spiro atoms. The summed E-state index contributed by atoms with van der Waals surface area (Å²) in [5.41, 5.74) is 0. The predicted molar refractivity (Wildman–Crippen MR) is 66.5 cm³/mol. The minimum absolute atomic E-state index is 0.0757. The minimum Gasteiger partial charge on any atom is -0.358 e. The van der Waals surface area contributed by atoms with Gasteiger partial charge in [0.1, 0.15) is 6.04 Å². The highest BCUT2D eigenvalue weighted by molar-refractivity contribution is 6.32.